The third kappa shape index (κ3) is 3.37. The van der Waals surface area contributed by atoms with Gasteiger partial charge in [0.05, 0.1) is 24.2 Å². The van der Waals surface area contributed by atoms with Crippen LogP contribution in [-0.4, -0.2) is 57.4 Å². The highest BCUT2D eigenvalue weighted by Gasteiger charge is 2.30. The van der Waals surface area contributed by atoms with E-state index in [1.54, 1.807) is 29.2 Å². The predicted octanol–water partition coefficient (Wildman–Crippen LogP) is 0.363. The molecule has 1 aromatic carbocycles. The van der Waals surface area contributed by atoms with Crippen molar-refractivity contribution in [1.82, 2.24) is 9.62 Å². The summed E-state index contributed by atoms with van der Waals surface area (Å²) in [4.78, 5) is 18.4. The second-order valence-electron chi connectivity index (χ2n) is 5.60. The molecule has 2 aliphatic rings. The monoisotopic (exact) mass is 337 g/mol. The molecule has 7 nitrogen and oxygen atoms in total. The maximum Gasteiger partial charge on any atom is 0.263 e. The van der Waals surface area contributed by atoms with Crippen LogP contribution in [0.25, 0.3) is 0 Å². The summed E-state index contributed by atoms with van der Waals surface area (Å²) in [6, 6.07) is 6.68. The molecule has 8 heteroatoms. The van der Waals surface area contributed by atoms with Gasteiger partial charge in [-0.3, -0.25) is 14.5 Å². The quantitative estimate of drug-likeness (QED) is 0.863. The maximum atomic E-state index is 12.2. The average Bonchev–Trinajstić information content (AvgIpc) is 2.79. The van der Waals surface area contributed by atoms with E-state index in [0.29, 0.717) is 31.1 Å². The van der Waals surface area contributed by atoms with Crippen LogP contribution in [-0.2, 0) is 19.6 Å². The second-order valence-corrected chi connectivity index (χ2v) is 7.25. The van der Waals surface area contributed by atoms with Crippen molar-refractivity contribution in [2.75, 3.05) is 26.2 Å². The fourth-order valence-corrected chi connectivity index (χ4v) is 3.97. The summed E-state index contributed by atoms with van der Waals surface area (Å²) in [5, 5.41) is 0. The molecule has 0 radical (unpaired) electrons. The van der Waals surface area contributed by atoms with Crippen molar-refractivity contribution < 1.29 is 17.9 Å². The van der Waals surface area contributed by atoms with Gasteiger partial charge in [0.2, 0.25) is 5.91 Å². The number of rotatable bonds is 3. The van der Waals surface area contributed by atoms with Crippen molar-refractivity contribution in [3.05, 3.63) is 29.8 Å². The number of nitrogens with one attached hydrogen (secondary N) is 1. The first-order valence-corrected chi connectivity index (χ1v) is 9.02. The van der Waals surface area contributed by atoms with Gasteiger partial charge in [0.25, 0.3) is 10.0 Å². The number of ether oxygens (including phenoxy) is 1. The molecule has 0 aromatic heterocycles. The third-order valence-electron chi connectivity index (χ3n) is 3.85. The smallest absolute Gasteiger partial charge is 0.263 e. The molecule has 0 unspecified atom stereocenters. The number of aliphatic imine (C=N–C) groups is 1. The van der Waals surface area contributed by atoms with E-state index in [1.807, 2.05) is 6.92 Å². The van der Waals surface area contributed by atoms with Crippen molar-refractivity contribution >= 4 is 21.8 Å². The normalized spacial score (nSPS) is 24.3. The number of carbonyl (C=O) groups is 1. The Hall–Kier alpha value is -1.93. The summed E-state index contributed by atoms with van der Waals surface area (Å²) in [7, 11) is -3.53. The van der Waals surface area contributed by atoms with Crippen LogP contribution in [0.5, 0.6) is 0 Å². The maximum absolute atomic E-state index is 12.2. The number of amides is 1. The molecule has 1 fully saturated rings. The Morgan fingerprint density at radius 1 is 1.43 bits per heavy atom. The van der Waals surface area contributed by atoms with Crippen molar-refractivity contribution in [2.45, 2.75) is 24.3 Å². The Morgan fingerprint density at radius 2 is 2.22 bits per heavy atom. The van der Waals surface area contributed by atoms with E-state index in [-0.39, 0.29) is 29.9 Å². The Morgan fingerprint density at radius 3 is 3.00 bits per heavy atom. The molecule has 0 aliphatic carbocycles. The zero-order valence-corrected chi connectivity index (χ0v) is 13.7. The van der Waals surface area contributed by atoms with Crippen molar-refractivity contribution in [3.63, 3.8) is 0 Å². The molecular formula is C15H19N3O4S. The van der Waals surface area contributed by atoms with Crippen LogP contribution in [0.15, 0.2) is 34.2 Å². The van der Waals surface area contributed by atoms with Crippen LogP contribution in [0.3, 0.4) is 0 Å². The number of hydrogen-bond donors (Lipinski definition) is 1. The van der Waals surface area contributed by atoms with Gasteiger partial charge in [0, 0.05) is 25.1 Å². The zero-order chi connectivity index (χ0) is 16.4. The number of morpholine rings is 1. The van der Waals surface area contributed by atoms with Gasteiger partial charge in [-0.05, 0) is 19.1 Å². The molecule has 124 valence electrons. The largest absolute Gasteiger partial charge is 0.375 e. The van der Waals surface area contributed by atoms with Crippen LogP contribution >= 0.6 is 0 Å². The standard InChI is InChI=1S/C15H19N3O4S/c1-11-10-18(8-9-22-11)14(19)6-7-16-15-12-4-2-3-5-13(12)23(20,21)17-15/h2-5,11H,6-10H2,1H3,(H,16,17)/t11-/m0/s1. The van der Waals surface area contributed by atoms with Gasteiger partial charge in [-0.2, -0.15) is 0 Å². The molecule has 0 bridgehead atoms. The highest BCUT2D eigenvalue weighted by Crippen LogP contribution is 2.22. The summed E-state index contributed by atoms with van der Waals surface area (Å²) < 4.78 is 31.8. The molecule has 2 aliphatic heterocycles. The van der Waals surface area contributed by atoms with Gasteiger partial charge >= 0.3 is 0 Å². The van der Waals surface area contributed by atoms with Gasteiger partial charge in [-0.25, -0.2) is 8.42 Å². The summed E-state index contributed by atoms with van der Waals surface area (Å²) in [6.07, 6.45) is 0.299. The number of carbonyl (C=O) groups excluding carboxylic acids is 1. The first-order valence-electron chi connectivity index (χ1n) is 7.53. The number of sulfonamides is 1. The molecule has 0 spiro atoms. The fourth-order valence-electron chi connectivity index (χ4n) is 2.72. The minimum Gasteiger partial charge on any atom is -0.375 e. The van der Waals surface area contributed by atoms with E-state index >= 15 is 0 Å². The van der Waals surface area contributed by atoms with Crippen molar-refractivity contribution in [1.29, 1.82) is 0 Å². The number of hydrogen-bond acceptors (Lipinski definition) is 5. The zero-order valence-electron chi connectivity index (χ0n) is 12.9. The van der Waals surface area contributed by atoms with Gasteiger partial charge in [-0.15, -0.1) is 0 Å². The summed E-state index contributed by atoms with van der Waals surface area (Å²) in [6.45, 7) is 3.91. The average molecular weight is 337 g/mol. The van der Waals surface area contributed by atoms with Crippen LogP contribution in [0.2, 0.25) is 0 Å². The molecule has 1 N–H and O–H groups in total. The summed E-state index contributed by atoms with van der Waals surface area (Å²) in [5.74, 6) is 0.322. The first kappa shape index (κ1) is 15.9. The van der Waals surface area contributed by atoms with E-state index < -0.39 is 10.0 Å². The lowest BCUT2D eigenvalue weighted by molar-refractivity contribution is -0.137. The van der Waals surface area contributed by atoms with Crippen LogP contribution < -0.4 is 4.72 Å². The Labute approximate surface area is 135 Å². The minimum absolute atomic E-state index is 0.0126. The van der Waals surface area contributed by atoms with Crippen LogP contribution in [0.4, 0.5) is 0 Å². The Balaban J connectivity index is 1.64. The molecule has 1 amide bonds. The number of nitrogens with zero attached hydrogens (tertiary/aromatic N) is 2. The third-order valence-corrected chi connectivity index (χ3v) is 5.25. The number of fused-ring (bicyclic) bond motifs is 1. The molecular weight excluding hydrogens is 318 g/mol. The number of amidine groups is 1. The van der Waals surface area contributed by atoms with Gasteiger partial charge in [0.1, 0.15) is 5.84 Å². The molecule has 1 atom stereocenters. The minimum atomic E-state index is -3.53. The first-order chi connectivity index (χ1) is 11.0. The van der Waals surface area contributed by atoms with Crippen molar-refractivity contribution in [2.24, 2.45) is 4.99 Å². The highest BCUT2D eigenvalue weighted by atomic mass is 32.2. The molecule has 1 saturated heterocycles. The molecule has 3 rings (SSSR count). The molecule has 0 saturated carbocycles. The molecule has 1 aromatic rings. The lowest BCUT2D eigenvalue weighted by Gasteiger charge is -2.31. The van der Waals surface area contributed by atoms with Crippen LogP contribution in [0.1, 0.15) is 18.9 Å². The van der Waals surface area contributed by atoms with Crippen LogP contribution in [0, 0.1) is 0 Å². The van der Waals surface area contributed by atoms with E-state index in [1.165, 1.54) is 0 Å². The molecule has 2 heterocycles. The van der Waals surface area contributed by atoms with Gasteiger partial charge in [-0.1, -0.05) is 12.1 Å². The number of benzene rings is 1. The predicted molar refractivity (Wildman–Crippen MR) is 84.8 cm³/mol. The SMILES string of the molecule is C[C@H]1CN(C(=O)CCN=C2NS(=O)(=O)c3ccccc32)CCO1. The highest BCUT2D eigenvalue weighted by molar-refractivity contribution is 7.90. The van der Waals surface area contributed by atoms with Gasteiger partial charge < -0.3 is 9.64 Å². The van der Waals surface area contributed by atoms with E-state index in [2.05, 4.69) is 9.71 Å². The summed E-state index contributed by atoms with van der Waals surface area (Å²) in [5.41, 5.74) is 0.556. The summed E-state index contributed by atoms with van der Waals surface area (Å²) >= 11 is 0. The molecule has 23 heavy (non-hydrogen) atoms. The second kappa shape index (κ2) is 6.29. The Bertz CT molecular complexity index is 745. The Kier molecular flexibility index (Phi) is 4.36. The lowest BCUT2D eigenvalue weighted by atomic mass is 10.2. The van der Waals surface area contributed by atoms with E-state index in [4.69, 9.17) is 4.74 Å². The van der Waals surface area contributed by atoms with E-state index in [9.17, 15) is 13.2 Å². The lowest BCUT2D eigenvalue weighted by Crippen LogP contribution is -2.44. The van der Waals surface area contributed by atoms with E-state index in [0.717, 1.165) is 0 Å². The van der Waals surface area contributed by atoms with Crippen molar-refractivity contribution in [3.8, 4) is 0 Å². The topological polar surface area (TPSA) is 88.1 Å². The fraction of sp³-hybridized carbons (Fsp3) is 0.467. The van der Waals surface area contributed by atoms with Gasteiger partial charge in [0.15, 0.2) is 0 Å².